The molecule has 1 aromatic carbocycles. The highest BCUT2D eigenvalue weighted by atomic mass is 19.1. The topological polar surface area (TPSA) is 42.0 Å². The summed E-state index contributed by atoms with van der Waals surface area (Å²) in [6.45, 7) is 4.17. The molecule has 98 valence electrons. The van der Waals surface area contributed by atoms with Gasteiger partial charge in [-0.1, -0.05) is 26.0 Å². The predicted molar refractivity (Wildman–Crippen MR) is 72.7 cm³/mol. The van der Waals surface area contributed by atoms with Crippen LogP contribution >= 0.6 is 0 Å². The van der Waals surface area contributed by atoms with Gasteiger partial charge in [0, 0.05) is 23.5 Å². The third-order valence-electron chi connectivity index (χ3n) is 2.80. The van der Waals surface area contributed by atoms with Crippen molar-refractivity contribution >= 4 is 11.6 Å². The summed E-state index contributed by atoms with van der Waals surface area (Å²) in [5.41, 5.74) is 2.09. The van der Waals surface area contributed by atoms with Crippen molar-refractivity contribution in [2.75, 3.05) is 5.32 Å². The van der Waals surface area contributed by atoms with Gasteiger partial charge in [0.1, 0.15) is 0 Å². The largest absolute Gasteiger partial charge is 0.322 e. The number of nitrogens with zero attached hydrogens (tertiary/aromatic N) is 1. The minimum Gasteiger partial charge on any atom is -0.322 e. The molecule has 4 heteroatoms. The summed E-state index contributed by atoms with van der Waals surface area (Å²) in [6.07, 6.45) is 1.27. The lowest BCUT2D eigenvalue weighted by Gasteiger charge is -2.09. The molecule has 0 atom stereocenters. The standard InChI is InChI=1S/C15H15FN2O/c1-10(2)11-4-3-5-13(8-11)18-15(19)12-6-7-17-14(16)9-12/h3-10H,1-2H3,(H,18,19). The number of amides is 1. The molecular formula is C15H15FN2O. The van der Waals surface area contributed by atoms with Gasteiger partial charge in [0.2, 0.25) is 5.95 Å². The van der Waals surface area contributed by atoms with Crippen molar-refractivity contribution in [2.24, 2.45) is 0 Å². The molecule has 1 amide bonds. The molecule has 0 saturated carbocycles. The molecule has 0 aliphatic heterocycles. The second kappa shape index (κ2) is 5.61. The zero-order valence-corrected chi connectivity index (χ0v) is 10.9. The molecule has 1 heterocycles. The van der Waals surface area contributed by atoms with E-state index in [0.717, 1.165) is 11.6 Å². The fourth-order valence-electron chi connectivity index (χ4n) is 1.72. The Morgan fingerprint density at radius 1 is 1.26 bits per heavy atom. The van der Waals surface area contributed by atoms with E-state index in [2.05, 4.69) is 24.1 Å². The number of benzene rings is 1. The number of aromatic nitrogens is 1. The van der Waals surface area contributed by atoms with E-state index < -0.39 is 5.95 Å². The summed E-state index contributed by atoms with van der Waals surface area (Å²) in [7, 11) is 0. The fraction of sp³-hybridized carbons (Fsp3) is 0.200. The van der Waals surface area contributed by atoms with Gasteiger partial charge in [0.05, 0.1) is 0 Å². The molecule has 0 fully saturated rings. The van der Waals surface area contributed by atoms with E-state index in [1.54, 1.807) is 6.07 Å². The van der Waals surface area contributed by atoms with Crippen LogP contribution < -0.4 is 5.32 Å². The van der Waals surface area contributed by atoms with E-state index in [-0.39, 0.29) is 11.5 Å². The first-order chi connectivity index (χ1) is 9.06. The van der Waals surface area contributed by atoms with Gasteiger partial charge in [-0.25, -0.2) is 4.98 Å². The summed E-state index contributed by atoms with van der Waals surface area (Å²) >= 11 is 0. The average Bonchev–Trinajstić information content (AvgIpc) is 2.39. The molecule has 0 spiro atoms. The molecule has 0 radical (unpaired) electrons. The third-order valence-corrected chi connectivity index (χ3v) is 2.80. The van der Waals surface area contributed by atoms with Crippen LogP contribution in [0.2, 0.25) is 0 Å². The zero-order chi connectivity index (χ0) is 13.8. The van der Waals surface area contributed by atoms with Crippen LogP contribution in [0.15, 0.2) is 42.6 Å². The molecule has 1 N–H and O–H groups in total. The first kappa shape index (κ1) is 13.2. The van der Waals surface area contributed by atoms with Crippen molar-refractivity contribution in [1.82, 2.24) is 4.98 Å². The Balaban J connectivity index is 2.17. The molecule has 2 aromatic rings. The summed E-state index contributed by atoms with van der Waals surface area (Å²) in [4.78, 5) is 15.4. The van der Waals surface area contributed by atoms with E-state index in [1.165, 1.54) is 12.3 Å². The summed E-state index contributed by atoms with van der Waals surface area (Å²) in [5, 5.41) is 2.75. The first-order valence-corrected chi connectivity index (χ1v) is 6.09. The van der Waals surface area contributed by atoms with Crippen molar-refractivity contribution in [2.45, 2.75) is 19.8 Å². The van der Waals surface area contributed by atoms with Gasteiger partial charge in [-0.3, -0.25) is 4.79 Å². The molecule has 0 aliphatic rings. The normalized spacial score (nSPS) is 10.5. The van der Waals surface area contributed by atoms with E-state index in [0.29, 0.717) is 11.6 Å². The monoisotopic (exact) mass is 258 g/mol. The second-order valence-corrected chi connectivity index (χ2v) is 4.60. The summed E-state index contributed by atoms with van der Waals surface area (Å²) < 4.78 is 12.9. The number of anilines is 1. The summed E-state index contributed by atoms with van der Waals surface area (Å²) in [5.74, 6) is -0.624. The molecule has 0 bridgehead atoms. The van der Waals surface area contributed by atoms with Crippen LogP contribution in [-0.4, -0.2) is 10.9 Å². The highest BCUT2D eigenvalue weighted by Crippen LogP contribution is 2.19. The van der Waals surface area contributed by atoms with Gasteiger partial charge >= 0.3 is 0 Å². The minimum atomic E-state index is -0.663. The maximum Gasteiger partial charge on any atom is 0.255 e. The van der Waals surface area contributed by atoms with Crippen molar-refractivity contribution < 1.29 is 9.18 Å². The van der Waals surface area contributed by atoms with Crippen molar-refractivity contribution in [3.05, 3.63) is 59.7 Å². The molecule has 1 aromatic heterocycles. The van der Waals surface area contributed by atoms with Crippen LogP contribution in [-0.2, 0) is 0 Å². The Labute approximate surface area is 111 Å². The minimum absolute atomic E-state index is 0.252. The number of rotatable bonds is 3. The third kappa shape index (κ3) is 3.37. The summed E-state index contributed by atoms with van der Waals surface area (Å²) in [6, 6.07) is 10.2. The van der Waals surface area contributed by atoms with Crippen LogP contribution in [0.3, 0.4) is 0 Å². The number of halogens is 1. The quantitative estimate of drug-likeness (QED) is 0.855. The number of hydrogen-bond acceptors (Lipinski definition) is 2. The van der Waals surface area contributed by atoms with Gasteiger partial charge in [-0.05, 0) is 29.7 Å². The second-order valence-electron chi connectivity index (χ2n) is 4.60. The van der Waals surface area contributed by atoms with Gasteiger partial charge in [-0.2, -0.15) is 4.39 Å². The maximum atomic E-state index is 12.9. The Morgan fingerprint density at radius 2 is 2.05 bits per heavy atom. The van der Waals surface area contributed by atoms with E-state index in [4.69, 9.17) is 0 Å². The maximum absolute atomic E-state index is 12.9. The molecule has 3 nitrogen and oxygen atoms in total. The van der Waals surface area contributed by atoms with Crippen LogP contribution in [0.4, 0.5) is 10.1 Å². The molecule has 19 heavy (non-hydrogen) atoms. The molecule has 0 saturated heterocycles. The Kier molecular flexibility index (Phi) is 3.90. The van der Waals surface area contributed by atoms with Crippen LogP contribution in [0.25, 0.3) is 0 Å². The zero-order valence-electron chi connectivity index (χ0n) is 10.9. The van der Waals surface area contributed by atoms with Gasteiger partial charge in [0.15, 0.2) is 0 Å². The number of carbonyl (C=O) groups excluding carboxylic acids is 1. The van der Waals surface area contributed by atoms with Crippen LogP contribution in [0, 0.1) is 5.95 Å². The van der Waals surface area contributed by atoms with Crippen molar-refractivity contribution in [3.8, 4) is 0 Å². The van der Waals surface area contributed by atoms with Gasteiger partial charge in [-0.15, -0.1) is 0 Å². The lowest BCUT2D eigenvalue weighted by molar-refractivity contribution is 0.102. The molecule has 2 rings (SSSR count). The van der Waals surface area contributed by atoms with Gasteiger partial charge in [0.25, 0.3) is 5.91 Å². The highest BCUT2D eigenvalue weighted by molar-refractivity contribution is 6.04. The number of nitrogens with one attached hydrogen (secondary N) is 1. The van der Waals surface area contributed by atoms with E-state index >= 15 is 0 Å². The Bertz CT molecular complexity index is 596. The fourth-order valence-corrected chi connectivity index (χ4v) is 1.72. The lowest BCUT2D eigenvalue weighted by atomic mass is 10.0. The van der Waals surface area contributed by atoms with Crippen LogP contribution in [0.5, 0.6) is 0 Å². The average molecular weight is 258 g/mol. The first-order valence-electron chi connectivity index (χ1n) is 6.09. The highest BCUT2D eigenvalue weighted by Gasteiger charge is 2.08. The number of carbonyl (C=O) groups is 1. The van der Waals surface area contributed by atoms with Gasteiger partial charge < -0.3 is 5.32 Å². The predicted octanol–water partition coefficient (Wildman–Crippen LogP) is 3.60. The van der Waals surface area contributed by atoms with Crippen molar-refractivity contribution in [1.29, 1.82) is 0 Å². The number of pyridine rings is 1. The van der Waals surface area contributed by atoms with Crippen molar-refractivity contribution in [3.63, 3.8) is 0 Å². The van der Waals surface area contributed by atoms with E-state index in [1.807, 2.05) is 18.2 Å². The Morgan fingerprint density at radius 3 is 2.74 bits per heavy atom. The lowest BCUT2D eigenvalue weighted by Crippen LogP contribution is -2.12. The molecule has 0 aliphatic carbocycles. The van der Waals surface area contributed by atoms with E-state index in [9.17, 15) is 9.18 Å². The SMILES string of the molecule is CC(C)c1cccc(NC(=O)c2ccnc(F)c2)c1. The molecule has 0 unspecified atom stereocenters. The molecular weight excluding hydrogens is 243 g/mol. The number of hydrogen-bond donors (Lipinski definition) is 1. The Hall–Kier alpha value is -2.23. The smallest absolute Gasteiger partial charge is 0.255 e. The van der Waals surface area contributed by atoms with Crippen LogP contribution in [0.1, 0.15) is 35.7 Å².